The van der Waals surface area contributed by atoms with Crippen LogP contribution in [0.25, 0.3) is 0 Å². The minimum Gasteiger partial charge on any atom is -0.289 e. The summed E-state index contributed by atoms with van der Waals surface area (Å²) in [6, 6.07) is 8.21. The lowest BCUT2D eigenvalue weighted by Gasteiger charge is -2.02. The standard InChI is InChI=1S/C16H18N6O/c1-11-4-6-13(7-5-11)9-22-10-17-16(20-22)19-15(23)14-8-18-21(3)12(14)2/h4-8,10H,9H2,1-3H3,(H,19,20,23). The predicted octanol–water partition coefficient (Wildman–Crippen LogP) is 1.93. The molecule has 0 bridgehead atoms. The number of nitrogens with one attached hydrogen (secondary N) is 1. The van der Waals surface area contributed by atoms with Gasteiger partial charge in [0.05, 0.1) is 18.3 Å². The number of benzene rings is 1. The molecule has 3 aromatic rings. The number of hydrogen-bond acceptors (Lipinski definition) is 4. The first-order valence-electron chi connectivity index (χ1n) is 7.28. The van der Waals surface area contributed by atoms with Crippen LogP contribution < -0.4 is 5.32 Å². The maximum Gasteiger partial charge on any atom is 0.261 e. The molecule has 1 N–H and O–H groups in total. The molecule has 23 heavy (non-hydrogen) atoms. The van der Waals surface area contributed by atoms with Gasteiger partial charge in [-0.25, -0.2) is 9.67 Å². The van der Waals surface area contributed by atoms with Crippen molar-refractivity contribution in [2.75, 3.05) is 5.32 Å². The molecule has 0 radical (unpaired) electrons. The van der Waals surface area contributed by atoms with E-state index in [0.29, 0.717) is 12.1 Å². The summed E-state index contributed by atoms with van der Waals surface area (Å²) in [5.41, 5.74) is 3.65. The van der Waals surface area contributed by atoms with Gasteiger partial charge >= 0.3 is 0 Å². The van der Waals surface area contributed by atoms with E-state index in [9.17, 15) is 4.79 Å². The number of aryl methyl sites for hydroxylation is 2. The van der Waals surface area contributed by atoms with Gasteiger partial charge in [-0.15, -0.1) is 5.10 Å². The van der Waals surface area contributed by atoms with Crippen LogP contribution in [-0.2, 0) is 13.6 Å². The summed E-state index contributed by atoms with van der Waals surface area (Å²) in [6.07, 6.45) is 3.14. The quantitative estimate of drug-likeness (QED) is 0.798. The first-order valence-corrected chi connectivity index (χ1v) is 7.28. The highest BCUT2D eigenvalue weighted by atomic mass is 16.1. The molecule has 7 nitrogen and oxygen atoms in total. The second-order valence-corrected chi connectivity index (χ2v) is 5.47. The zero-order chi connectivity index (χ0) is 16.4. The van der Waals surface area contributed by atoms with Gasteiger partial charge in [0, 0.05) is 12.7 Å². The fraction of sp³-hybridized carbons (Fsp3) is 0.250. The third kappa shape index (κ3) is 3.28. The van der Waals surface area contributed by atoms with Crippen LogP contribution in [0, 0.1) is 13.8 Å². The molecule has 7 heteroatoms. The summed E-state index contributed by atoms with van der Waals surface area (Å²) in [5, 5.41) is 11.0. The normalized spacial score (nSPS) is 10.7. The Kier molecular flexibility index (Phi) is 3.92. The van der Waals surface area contributed by atoms with Crippen LogP contribution in [0.2, 0.25) is 0 Å². The first kappa shape index (κ1) is 15.0. The summed E-state index contributed by atoms with van der Waals surface area (Å²) < 4.78 is 3.34. The third-order valence-electron chi connectivity index (χ3n) is 3.71. The minimum absolute atomic E-state index is 0.260. The molecule has 0 saturated carbocycles. The predicted molar refractivity (Wildman–Crippen MR) is 86.2 cm³/mol. The van der Waals surface area contributed by atoms with Gasteiger partial charge in [0.1, 0.15) is 6.33 Å². The highest BCUT2D eigenvalue weighted by molar-refractivity contribution is 6.03. The summed E-state index contributed by atoms with van der Waals surface area (Å²) >= 11 is 0. The lowest BCUT2D eigenvalue weighted by Crippen LogP contribution is -2.14. The van der Waals surface area contributed by atoms with Gasteiger partial charge in [0.25, 0.3) is 5.91 Å². The van der Waals surface area contributed by atoms with Crippen molar-refractivity contribution in [2.45, 2.75) is 20.4 Å². The van der Waals surface area contributed by atoms with E-state index in [1.54, 1.807) is 22.7 Å². The van der Waals surface area contributed by atoms with Crippen molar-refractivity contribution in [3.05, 3.63) is 59.2 Å². The Hall–Kier alpha value is -2.96. The maximum atomic E-state index is 12.2. The summed E-state index contributed by atoms with van der Waals surface area (Å²) in [6.45, 7) is 4.49. The molecule has 0 atom stereocenters. The number of hydrogen-bond donors (Lipinski definition) is 1. The Balaban J connectivity index is 1.68. The number of amides is 1. The van der Waals surface area contributed by atoms with Crippen molar-refractivity contribution in [3.8, 4) is 0 Å². The third-order valence-corrected chi connectivity index (χ3v) is 3.71. The molecule has 2 aromatic heterocycles. The van der Waals surface area contributed by atoms with Crippen molar-refractivity contribution in [2.24, 2.45) is 7.05 Å². The first-order chi connectivity index (χ1) is 11.0. The molecule has 0 unspecified atom stereocenters. The van der Waals surface area contributed by atoms with Crippen LogP contribution in [0.3, 0.4) is 0 Å². The molecule has 0 aliphatic carbocycles. The van der Waals surface area contributed by atoms with Crippen LogP contribution >= 0.6 is 0 Å². The molecular weight excluding hydrogens is 292 g/mol. The Bertz CT molecular complexity index is 831. The number of rotatable bonds is 4. The van der Waals surface area contributed by atoms with Gasteiger partial charge < -0.3 is 0 Å². The monoisotopic (exact) mass is 310 g/mol. The number of nitrogens with zero attached hydrogens (tertiary/aromatic N) is 5. The second kappa shape index (κ2) is 6.04. The molecule has 1 aromatic carbocycles. The fourth-order valence-electron chi connectivity index (χ4n) is 2.20. The van der Waals surface area contributed by atoms with Gasteiger partial charge in [-0.2, -0.15) is 5.10 Å². The molecule has 3 rings (SSSR count). The molecule has 0 saturated heterocycles. The molecular formula is C16H18N6O. The van der Waals surface area contributed by atoms with Crippen LogP contribution in [0.15, 0.2) is 36.8 Å². The van der Waals surface area contributed by atoms with E-state index in [-0.39, 0.29) is 11.9 Å². The van der Waals surface area contributed by atoms with Crippen LogP contribution in [0.1, 0.15) is 27.2 Å². The van der Waals surface area contributed by atoms with Crippen LogP contribution in [0.5, 0.6) is 0 Å². The zero-order valence-electron chi connectivity index (χ0n) is 13.3. The number of carbonyl (C=O) groups is 1. The number of aromatic nitrogens is 5. The Morgan fingerprint density at radius 1 is 1.22 bits per heavy atom. The molecule has 0 aliphatic rings. The maximum absolute atomic E-state index is 12.2. The highest BCUT2D eigenvalue weighted by Crippen LogP contribution is 2.09. The van der Waals surface area contributed by atoms with E-state index in [4.69, 9.17) is 0 Å². The van der Waals surface area contributed by atoms with E-state index in [1.165, 1.54) is 11.8 Å². The average molecular weight is 310 g/mol. The zero-order valence-corrected chi connectivity index (χ0v) is 13.3. The van der Waals surface area contributed by atoms with Crippen molar-refractivity contribution in [1.82, 2.24) is 24.5 Å². The lowest BCUT2D eigenvalue weighted by atomic mass is 10.1. The van der Waals surface area contributed by atoms with Crippen LogP contribution in [-0.4, -0.2) is 30.5 Å². The molecule has 0 fully saturated rings. The minimum atomic E-state index is -0.260. The van der Waals surface area contributed by atoms with E-state index in [0.717, 1.165) is 11.3 Å². The van der Waals surface area contributed by atoms with Gasteiger partial charge in [0.2, 0.25) is 5.95 Å². The van der Waals surface area contributed by atoms with Crippen LogP contribution in [0.4, 0.5) is 5.95 Å². The topological polar surface area (TPSA) is 77.6 Å². The smallest absolute Gasteiger partial charge is 0.261 e. The summed E-state index contributed by atoms with van der Waals surface area (Å²) in [7, 11) is 1.79. The van der Waals surface area contributed by atoms with Gasteiger partial charge in [-0.3, -0.25) is 14.8 Å². The average Bonchev–Trinajstić information content (AvgIpc) is 3.09. The van der Waals surface area contributed by atoms with E-state index in [2.05, 4.69) is 32.6 Å². The van der Waals surface area contributed by atoms with Crippen molar-refractivity contribution in [3.63, 3.8) is 0 Å². The molecule has 1 amide bonds. The molecule has 0 aliphatic heterocycles. The Morgan fingerprint density at radius 3 is 2.61 bits per heavy atom. The molecule has 0 spiro atoms. The Morgan fingerprint density at radius 2 is 1.96 bits per heavy atom. The van der Waals surface area contributed by atoms with Crippen molar-refractivity contribution in [1.29, 1.82) is 0 Å². The molecule has 118 valence electrons. The van der Waals surface area contributed by atoms with Crippen molar-refractivity contribution >= 4 is 11.9 Å². The highest BCUT2D eigenvalue weighted by Gasteiger charge is 2.14. The van der Waals surface area contributed by atoms with E-state index in [1.807, 2.05) is 26.0 Å². The largest absolute Gasteiger partial charge is 0.289 e. The summed E-state index contributed by atoms with van der Waals surface area (Å²) in [4.78, 5) is 16.3. The molecule has 2 heterocycles. The van der Waals surface area contributed by atoms with Gasteiger partial charge in [0.15, 0.2) is 0 Å². The fourth-order valence-corrected chi connectivity index (χ4v) is 2.20. The van der Waals surface area contributed by atoms with E-state index < -0.39 is 0 Å². The van der Waals surface area contributed by atoms with Crippen molar-refractivity contribution < 1.29 is 4.79 Å². The van der Waals surface area contributed by atoms with E-state index >= 15 is 0 Å². The van der Waals surface area contributed by atoms with Gasteiger partial charge in [-0.1, -0.05) is 29.8 Å². The second-order valence-electron chi connectivity index (χ2n) is 5.47. The lowest BCUT2D eigenvalue weighted by molar-refractivity contribution is 0.102. The van der Waals surface area contributed by atoms with Gasteiger partial charge in [-0.05, 0) is 19.4 Å². The number of anilines is 1. The summed E-state index contributed by atoms with van der Waals surface area (Å²) in [5.74, 6) is 0.0223. The Labute approximate surface area is 134 Å². The SMILES string of the molecule is Cc1ccc(Cn2cnc(NC(=O)c3cnn(C)c3C)n2)cc1. The number of carbonyl (C=O) groups excluding carboxylic acids is 1.